The van der Waals surface area contributed by atoms with Crippen LogP contribution in [0.5, 0.6) is 0 Å². The van der Waals surface area contributed by atoms with Crippen molar-refractivity contribution in [2.24, 2.45) is 5.92 Å². The van der Waals surface area contributed by atoms with Crippen LogP contribution in [0.15, 0.2) is 59.6 Å². The molecule has 2 aromatic carbocycles. The predicted octanol–water partition coefficient (Wildman–Crippen LogP) is 5.43. The van der Waals surface area contributed by atoms with Crippen molar-refractivity contribution in [3.8, 4) is 0 Å². The van der Waals surface area contributed by atoms with Crippen LogP contribution >= 0.6 is 0 Å². The number of aromatic nitrogens is 1. The van der Waals surface area contributed by atoms with Gasteiger partial charge in [-0.2, -0.15) is 0 Å². The van der Waals surface area contributed by atoms with Crippen molar-refractivity contribution < 1.29 is 13.2 Å². The van der Waals surface area contributed by atoms with Gasteiger partial charge in [-0.25, -0.2) is 8.42 Å². The van der Waals surface area contributed by atoms with E-state index in [1.54, 1.807) is 26.0 Å². The number of fused-ring (bicyclic) bond motifs is 1. The van der Waals surface area contributed by atoms with Gasteiger partial charge >= 0.3 is 0 Å². The maximum Gasteiger partial charge on any atom is 0.258 e. The van der Waals surface area contributed by atoms with E-state index in [2.05, 4.69) is 25.8 Å². The van der Waals surface area contributed by atoms with Gasteiger partial charge in [-0.05, 0) is 81.6 Å². The molecule has 1 heterocycles. The first kappa shape index (κ1) is 22.1. The quantitative estimate of drug-likeness (QED) is 0.547. The molecule has 0 aliphatic rings. The van der Waals surface area contributed by atoms with Crippen LogP contribution in [-0.2, 0) is 9.84 Å². The Morgan fingerprint density at radius 3 is 2.23 bits per heavy atom. The molecule has 0 fully saturated rings. The molecule has 5 nitrogen and oxygen atoms in total. The lowest BCUT2D eigenvalue weighted by atomic mass is 10.0. The maximum absolute atomic E-state index is 13.5. The fourth-order valence-electron chi connectivity index (χ4n) is 3.75. The number of carbonyl (C=O) groups is 1. The summed E-state index contributed by atoms with van der Waals surface area (Å²) in [6.45, 7) is 9.64. The van der Waals surface area contributed by atoms with Crippen LogP contribution in [0.2, 0.25) is 0 Å². The Hall–Kier alpha value is -2.60. The summed E-state index contributed by atoms with van der Waals surface area (Å²) >= 11 is 0. The van der Waals surface area contributed by atoms with Gasteiger partial charge in [0.15, 0.2) is 9.84 Å². The van der Waals surface area contributed by atoms with E-state index in [1.165, 1.54) is 12.1 Å². The number of aromatic amines is 1. The number of hydrogen-bond acceptors (Lipinski definition) is 3. The molecule has 1 aromatic heterocycles. The monoisotopic (exact) mass is 426 g/mol. The van der Waals surface area contributed by atoms with Gasteiger partial charge in [0.2, 0.25) is 0 Å². The van der Waals surface area contributed by atoms with E-state index < -0.39 is 15.1 Å². The number of rotatable bonds is 7. The van der Waals surface area contributed by atoms with Crippen molar-refractivity contribution in [1.29, 1.82) is 0 Å². The molecule has 0 saturated carbocycles. The number of amides is 1. The molecule has 0 radical (unpaired) electrons. The summed E-state index contributed by atoms with van der Waals surface area (Å²) < 4.78 is 24.8. The lowest BCUT2D eigenvalue weighted by Gasteiger charge is -2.31. The topological polar surface area (TPSA) is 70.2 Å². The average Bonchev–Trinajstić information content (AvgIpc) is 3.15. The van der Waals surface area contributed by atoms with Crippen molar-refractivity contribution in [3.05, 3.63) is 60.3 Å². The molecular formula is C24H30N2O3S. The molecule has 0 aliphatic heterocycles. The Morgan fingerprint density at radius 1 is 0.967 bits per heavy atom. The molecule has 0 saturated heterocycles. The summed E-state index contributed by atoms with van der Waals surface area (Å²) in [6.07, 6.45) is 2.74. The van der Waals surface area contributed by atoms with Crippen molar-refractivity contribution in [2.75, 3.05) is 4.90 Å². The highest BCUT2D eigenvalue weighted by atomic mass is 32.2. The van der Waals surface area contributed by atoms with Crippen molar-refractivity contribution in [2.45, 2.75) is 57.2 Å². The lowest BCUT2D eigenvalue weighted by Crippen LogP contribution is -2.39. The summed E-state index contributed by atoms with van der Waals surface area (Å²) in [5, 5.41) is 0.537. The maximum atomic E-state index is 13.5. The highest BCUT2D eigenvalue weighted by molar-refractivity contribution is 7.92. The zero-order chi connectivity index (χ0) is 22.1. The zero-order valence-corrected chi connectivity index (χ0v) is 19.0. The van der Waals surface area contributed by atoms with E-state index >= 15 is 0 Å². The molecule has 1 amide bonds. The van der Waals surface area contributed by atoms with Crippen LogP contribution in [0.25, 0.3) is 10.9 Å². The molecule has 30 heavy (non-hydrogen) atoms. The SMILES string of the molecule is CC(C)CC(C)N(C(=O)c1ccc(S(=O)(=O)C(C)C)cc1)c1ccc2[nH]ccc2c1. The van der Waals surface area contributed by atoms with E-state index in [0.29, 0.717) is 11.5 Å². The first-order valence-electron chi connectivity index (χ1n) is 10.4. The standard InChI is InChI=1S/C24H30N2O3S/c1-16(2)14-18(5)26(21-8-11-23-20(15-21)12-13-25-23)24(27)19-6-9-22(10-7-19)30(28,29)17(3)4/h6-13,15-18,25H,14H2,1-5H3. The fourth-order valence-corrected chi connectivity index (χ4v) is 4.81. The Bertz CT molecular complexity index is 1130. The first-order valence-corrected chi connectivity index (χ1v) is 11.9. The molecule has 0 aliphatic carbocycles. The predicted molar refractivity (Wildman–Crippen MR) is 123 cm³/mol. The number of nitrogens with zero attached hydrogens (tertiary/aromatic N) is 1. The molecule has 0 bridgehead atoms. The van der Waals surface area contributed by atoms with Crippen LogP contribution in [-0.4, -0.2) is 30.6 Å². The number of anilines is 1. The summed E-state index contributed by atoms with van der Waals surface area (Å²) in [6, 6.07) is 14.2. The summed E-state index contributed by atoms with van der Waals surface area (Å²) in [4.78, 5) is 18.7. The molecular weight excluding hydrogens is 396 g/mol. The second-order valence-corrected chi connectivity index (χ2v) is 11.0. The van der Waals surface area contributed by atoms with E-state index in [0.717, 1.165) is 23.0 Å². The Balaban J connectivity index is 1.99. The van der Waals surface area contributed by atoms with Gasteiger partial charge in [0.1, 0.15) is 0 Å². The van der Waals surface area contributed by atoms with E-state index in [-0.39, 0.29) is 16.8 Å². The third kappa shape index (κ3) is 4.43. The van der Waals surface area contributed by atoms with Gasteiger partial charge in [-0.1, -0.05) is 13.8 Å². The van der Waals surface area contributed by atoms with Gasteiger partial charge in [0.05, 0.1) is 10.1 Å². The molecule has 3 rings (SSSR count). The molecule has 160 valence electrons. The van der Waals surface area contributed by atoms with Gasteiger partial charge < -0.3 is 9.88 Å². The minimum absolute atomic E-state index is 0.00651. The summed E-state index contributed by atoms with van der Waals surface area (Å²) in [5.74, 6) is 0.302. The molecule has 3 aromatic rings. The minimum atomic E-state index is -3.37. The summed E-state index contributed by atoms with van der Waals surface area (Å²) in [5.41, 5.74) is 2.33. The lowest BCUT2D eigenvalue weighted by molar-refractivity contribution is 0.0976. The van der Waals surface area contributed by atoms with Gasteiger partial charge in [0, 0.05) is 34.4 Å². The average molecular weight is 427 g/mol. The van der Waals surface area contributed by atoms with Crippen LogP contribution in [0.3, 0.4) is 0 Å². The summed E-state index contributed by atoms with van der Waals surface area (Å²) in [7, 11) is -3.37. The smallest absolute Gasteiger partial charge is 0.258 e. The molecule has 1 unspecified atom stereocenters. The van der Waals surface area contributed by atoms with Gasteiger partial charge in [-0.3, -0.25) is 4.79 Å². The highest BCUT2D eigenvalue weighted by Crippen LogP contribution is 2.27. The third-order valence-electron chi connectivity index (χ3n) is 5.34. The third-order valence-corrected chi connectivity index (χ3v) is 7.51. The van der Waals surface area contributed by atoms with Crippen LogP contribution in [0.4, 0.5) is 5.69 Å². The molecule has 1 atom stereocenters. The van der Waals surface area contributed by atoms with Crippen molar-refractivity contribution >= 4 is 32.3 Å². The normalized spacial score (nSPS) is 13.2. The second-order valence-electron chi connectivity index (χ2n) is 8.52. The van der Waals surface area contributed by atoms with E-state index in [4.69, 9.17) is 0 Å². The van der Waals surface area contributed by atoms with Crippen LogP contribution in [0, 0.1) is 5.92 Å². The number of benzene rings is 2. The largest absolute Gasteiger partial charge is 0.361 e. The Kier molecular flexibility index (Phi) is 6.36. The van der Waals surface area contributed by atoms with E-state index in [9.17, 15) is 13.2 Å². The minimum Gasteiger partial charge on any atom is -0.361 e. The molecule has 0 spiro atoms. The van der Waals surface area contributed by atoms with Crippen LogP contribution in [0.1, 0.15) is 51.4 Å². The highest BCUT2D eigenvalue weighted by Gasteiger charge is 2.25. The Morgan fingerprint density at radius 2 is 1.63 bits per heavy atom. The van der Waals surface area contributed by atoms with Crippen LogP contribution < -0.4 is 4.90 Å². The van der Waals surface area contributed by atoms with Gasteiger partial charge in [-0.15, -0.1) is 0 Å². The molecule has 6 heteroatoms. The number of sulfone groups is 1. The number of nitrogens with one attached hydrogen (secondary N) is 1. The second kappa shape index (κ2) is 8.64. The van der Waals surface area contributed by atoms with Gasteiger partial charge in [0.25, 0.3) is 5.91 Å². The zero-order valence-electron chi connectivity index (χ0n) is 18.2. The number of hydrogen-bond donors (Lipinski definition) is 1. The number of carbonyl (C=O) groups excluding carboxylic acids is 1. The first-order chi connectivity index (χ1) is 14.1. The van der Waals surface area contributed by atoms with E-state index in [1.807, 2.05) is 35.4 Å². The molecule has 1 N–H and O–H groups in total. The number of H-pyrrole nitrogens is 1. The van der Waals surface area contributed by atoms with Crippen molar-refractivity contribution in [3.63, 3.8) is 0 Å². The Labute approximate surface area is 179 Å². The fraction of sp³-hybridized carbons (Fsp3) is 0.375. The van der Waals surface area contributed by atoms with Crippen molar-refractivity contribution in [1.82, 2.24) is 4.98 Å².